The fourth-order valence-electron chi connectivity index (χ4n) is 3.96. The maximum Gasteiger partial charge on any atom is 0.162 e. The van der Waals surface area contributed by atoms with Crippen LogP contribution in [0.25, 0.3) is 22.3 Å². The second-order valence-corrected chi connectivity index (χ2v) is 7.64. The van der Waals surface area contributed by atoms with Gasteiger partial charge in [-0.1, -0.05) is 68.7 Å². The second-order valence-electron chi connectivity index (χ2n) is 7.64. The Bertz CT molecular complexity index is 886. The summed E-state index contributed by atoms with van der Waals surface area (Å²) >= 11 is 0. The third kappa shape index (κ3) is 4.33. The second kappa shape index (κ2) is 9.16. The molecule has 1 fully saturated rings. The summed E-state index contributed by atoms with van der Waals surface area (Å²) in [6.07, 6.45) is 5.34. The van der Waals surface area contributed by atoms with E-state index in [1.807, 2.05) is 18.2 Å². The lowest BCUT2D eigenvalue weighted by Gasteiger charge is -2.36. The summed E-state index contributed by atoms with van der Waals surface area (Å²) in [5.74, 6) is 1.89. The molecule has 28 heavy (non-hydrogen) atoms. The van der Waals surface area contributed by atoms with E-state index in [9.17, 15) is 0 Å². The van der Waals surface area contributed by atoms with Gasteiger partial charge >= 0.3 is 0 Å². The summed E-state index contributed by atoms with van der Waals surface area (Å²) in [5.41, 5.74) is 2.09. The van der Waals surface area contributed by atoms with E-state index in [0.29, 0.717) is 0 Å². The van der Waals surface area contributed by atoms with Crippen molar-refractivity contribution in [3.8, 4) is 11.4 Å². The maximum absolute atomic E-state index is 5.00. The van der Waals surface area contributed by atoms with E-state index in [1.165, 1.54) is 32.2 Å². The van der Waals surface area contributed by atoms with Gasteiger partial charge in [0.1, 0.15) is 5.82 Å². The van der Waals surface area contributed by atoms with Crippen LogP contribution in [0.15, 0.2) is 54.6 Å². The minimum Gasteiger partial charge on any atom is -0.353 e. The molecular formula is C24H30N4. The molecule has 1 saturated heterocycles. The SMILES string of the molecule is CCCCCCN1CCN(c2nc(-c3ccccc3)nc3ccccc23)CC1. The number of hydrogen-bond acceptors (Lipinski definition) is 4. The van der Waals surface area contributed by atoms with Crippen LogP contribution < -0.4 is 4.90 Å². The zero-order valence-electron chi connectivity index (χ0n) is 16.8. The minimum atomic E-state index is 0.816. The Balaban J connectivity index is 1.54. The molecule has 4 rings (SSSR count). The Labute approximate surface area is 168 Å². The molecule has 0 N–H and O–H groups in total. The fraction of sp³-hybridized carbons (Fsp3) is 0.417. The predicted octanol–water partition coefficient (Wildman–Crippen LogP) is 5.00. The summed E-state index contributed by atoms with van der Waals surface area (Å²) in [7, 11) is 0. The molecule has 1 aliphatic rings. The number of fused-ring (bicyclic) bond motifs is 1. The molecule has 2 aromatic carbocycles. The zero-order valence-corrected chi connectivity index (χ0v) is 16.8. The predicted molar refractivity (Wildman–Crippen MR) is 118 cm³/mol. The van der Waals surface area contributed by atoms with Crippen LogP contribution in [0.5, 0.6) is 0 Å². The van der Waals surface area contributed by atoms with Gasteiger partial charge in [0.15, 0.2) is 5.82 Å². The molecule has 4 nitrogen and oxygen atoms in total. The van der Waals surface area contributed by atoms with E-state index in [-0.39, 0.29) is 0 Å². The topological polar surface area (TPSA) is 32.3 Å². The van der Waals surface area contributed by atoms with Crippen molar-refractivity contribution in [3.63, 3.8) is 0 Å². The summed E-state index contributed by atoms with van der Waals surface area (Å²) in [6.45, 7) is 7.80. The first-order valence-electron chi connectivity index (χ1n) is 10.6. The highest BCUT2D eigenvalue weighted by molar-refractivity contribution is 5.91. The van der Waals surface area contributed by atoms with Gasteiger partial charge in [-0.2, -0.15) is 0 Å². The van der Waals surface area contributed by atoms with Gasteiger partial charge in [-0.25, -0.2) is 9.97 Å². The molecule has 1 aliphatic heterocycles. The van der Waals surface area contributed by atoms with Gasteiger partial charge in [0.25, 0.3) is 0 Å². The summed E-state index contributed by atoms with van der Waals surface area (Å²) in [4.78, 5) is 14.9. The first-order valence-corrected chi connectivity index (χ1v) is 10.6. The number of rotatable bonds is 7. The molecule has 0 saturated carbocycles. The molecule has 0 spiro atoms. The van der Waals surface area contributed by atoms with Crippen LogP contribution >= 0.6 is 0 Å². The van der Waals surface area contributed by atoms with Crippen molar-refractivity contribution in [2.45, 2.75) is 32.6 Å². The van der Waals surface area contributed by atoms with Crippen LogP contribution in [0, 0.1) is 0 Å². The molecule has 0 amide bonds. The molecule has 0 bridgehead atoms. The Hall–Kier alpha value is -2.46. The lowest BCUT2D eigenvalue weighted by molar-refractivity contribution is 0.252. The summed E-state index contributed by atoms with van der Waals surface area (Å²) in [5, 5.41) is 1.15. The molecule has 146 valence electrons. The van der Waals surface area contributed by atoms with E-state index < -0.39 is 0 Å². The third-order valence-electron chi connectivity index (χ3n) is 5.61. The molecule has 3 aromatic rings. The number of benzene rings is 2. The summed E-state index contributed by atoms with van der Waals surface area (Å²) < 4.78 is 0. The van der Waals surface area contributed by atoms with E-state index >= 15 is 0 Å². The maximum atomic E-state index is 5.00. The van der Waals surface area contributed by atoms with Gasteiger partial charge in [-0.3, -0.25) is 4.90 Å². The Morgan fingerprint density at radius 1 is 0.786 bits per heavy atom. The quantitative estimate of drug-likeness (QED) is 0.545. The number of piperazine rings is 1. The third-order valence-corrected chi connectivity index (χ3v) is 5.61. The Morgan fingerprint density at radius 3 is 2.32 bits per heavy atom. The van der Waals surface area contributed by atoms with Crippen LogP contribution in [0.4, 0.5) is 5.82 Å². The average molecular weight is 375 g/mol. The monoisotopic (exact) mass is 374 g/mol. The smallest absolute Gasteiger partial charge is 0.162 e. The Kier molecular flexibility index (Phi) is 6.17. The normalized spacial score (nSPS) is 15.2. The van der Waals surface area contributed by atoms with Crippen molar-refractivity contribution in [1.82, 2.24) is 14.9 Å². The van der Waals surface area contributed by atoms with E-state index in [4.69, 9.17) is 9.97 Å². The van der Waals surface area contributed by atoms with E-state index in [2.05, 4.69) is 53.1 Å². The number of unbranched alkanes of at least 4 members (excludes halogenated alkanes) is 3. The van der Waals surface area contributed by atoms with Gasteiger partial charge < -0.3 is 4.90 Å². The number of anilines is 1. The lowest BCUT2D eigenvalue weighted by atomic mass is 10.1. The van der Waals surface area contributed by atoms with Crippen LogP contribution in [0.3, 0.4) is 0 Å². The van der Waals surface area contributed by atoms with Crippen molar-refractivity contribution in [2.75, 3.05) is 37.6 Å². The highest BCUT2D eigenvalue weighted by Crippen LogP contribution is 2.28. The van der Waals surface area contributed by atoms with Gasteiger partial charge in [-0.15, -0.1) is 0 Å². The van der Waals surface area contributed by atoms with Crippen LogP contribution in [0.2, 0.25) is 0 Å². The highest BCUT2D eigenvalue weighted by Gasteiger charge is 2.20. The van der Waals surface area contributed by atoms with Gasteiger partial charge in [0.2, 0.25) is 0 Å². The largest absolute Gasteiger partial charge is 0.353 e. The van der Waals surface area contributed by atoms with Gasteiger partial charge in [0.05, 0.1) is 5.52 Å². The highest BCUT2D eigenvalue weighted by atomic mass is 15.3. The van der Waals surface area contributed by atoms with E-state index in [0.717, 1.165) is 54.3 Å². The van der Waals surface area contributed by atoms with Crippen molar-refractivity contribution in [1.29, 1.82) is 0 Å². The number of nitrogens with zero attached hydrogens (tertiary/aromatic N) is 4. The molecule has 1 aromatic heterocycles. The van der Waals surface area contributed by atoms with E-state index in [1.54, 1.807) is 0 Å². The van der Waals surface area contributed by atoms with Crippen LogP contribution in [-0.2, 0) is 0 Å². The first kappa shape index (κ1) is 18.9. The Morgan fingerprint density at radius 2 is 1.54 bits per heavy atom. The molecule has 4 heteroatoms. The van der Waals surface area contributed by atoms with Crippen molar-refractivity contribution >= 4 is 16.7 Å². The lowest BCUT2D eigenvalue weighted by Crippen LogP contribution is -2.47. The minimum absolute atomic E-state index is 0.816. The van der Waals surface area contributed by atoms with Crippen molar-refractivity contribution in [2.24, 2.45) is 0 Å². The van der Waals surface area contributed by atoms with Crippen LogP contribution in [0.1, 0.15) is 32.6 Å². The number of aromatic nitrogens is 2. The summed E-state index contributed by atoms with van der Waals surface area (Å²) in [6, 6.07) is 18.7. The van der Waals surface area contributed by atoms with Gasteiger partial charge in [0, 0.05) is 37.1 Å². The van der Waals surface area contributed by atoms with Crippen LogP contribution in [-0.4, -0.2) is 47.6 Å². The average Bonchev–Trinajstić information content (AvgIpc) is 2.77. The molecular weight excluding hydrogens is 344 g/mol. The number of hydrogen-bond donors (Lipinski definition) is 0. The number of para-hydroxylation sites is 1. The van der Waals surface area contributed by atoms with Gasteiger partial charge in [-0.05, 0) is 25.1 Å². The van der Waals surface area contributed by atoms with Crippen molar-refractivity contribution < 1.29 is 0 Å². The zero-order chi connectivity index (χ0) is 19.2. The molecule has 0 atom stereocenters. The van der Waals surface area contributed by atoms with Crippen molar-refractivity contribution in [3.05, 3.63) is 54.6 Å². The molecule has 0 aliphatic carbocycles. The fourth-order valence-corrected chi connectivity index (χ4v) is 3.96. The standard InChI is InChI=1S/C24H30N4/c1-2-3-4-10-15-27-16-18-28(19-17-27)24-21-13-8-9-14-22(21)25-23(26-24)20-11-6-5-7-12-20/h5-9,11-14H,2-4,10,15-19H2,1H3. The molecule has 0 unspecified atom stereocenters. The molecule has 0 radical (unpaired) electrons. The first-order chi connectivity index (χ1) is 13.8. The molecule has 2 heterocycles.